The summed E-state index contributed by atoms with van der Waals surface area (Å²) in [4.78, 5) is 13.1. The van der Waals surface area contributed by atoms with Crippen LogP contribution in [0.4, 0.5) is 0 Å². The second kappa shape index (κ2) is 6.02. The van der Waals surface area contributed by atoms with Gasteiger partial charge in [-0.15, -0.1) is 0 Å². The Balaban J connectivity index is 2.03. The average Bonchev–Trinajstić information content (AvgIpc) is 2.76. The van der Waals surface area contributed by atoms with Gasteiger partial charge in [0.1, 0.15) is 5.76 Å². The van der Waals surface area contributed by atoms with Crippen LogP contribution >= 0.6 is 0 Å². The number of nitrogens with zero attached hydrogens (tertiary/aromatic N) is 1. The van der Waals surface area contributed by atoms with Crippen LogP contribution in [0.15, 0.2) is 22.8 Å². The molecule has 0 bridgehead atoms. The largest absolute Gasteiger partial charge is 0.481 e. The zero-order valence-electron chi connectivity index (χ0n) is 10.6. The Morgan fingerprint density at radius 1 is 1.67 bits per heavy atom. The maximum Gasteiger partial charge on any atom is 0.304 e. The van der Waals surface area contributed by atoms with Crippen LogP contribution < -0.4 is 5.32 Å². The standard InChI is InChI=1S/C13H20N2O3/c1-10-4-5-15(9-12-3-2-6-18-12)11(8-14-10)7-13(16)17/h2-3,6,10-11,14H,4-5,7-9H2,1H3,(H,16,17). The zero-order valence-corrected chi connectivity index (χ0v) is 10.6. The Kier molecular flexibility index (Phi) is 4.38. The van der Waals surface area contributed by atoms with Gasteiger partial charge in [-0.3, -0.25) is 9.69 Å². The minimum atomic E-state index is -0.749. The van der Waals surface area contributed by atoms with Gasteiger partial charge in [-0.1, -0.05) is 0 Å². The smallest absolute Gasteiger partial charge is 0.304 e. The quantitative estimate of drug-likeness (QED) is 0.845. The molecule has 0 aromatic carbocycles. The molecule has 0 saturated carbocycles. The van der Waals surface area contributed by atoms with Gasteiger partial charge in [0.2, 0.25) is 0 Å². The molecule has 0 aliphatic carbocycles. The van der Waals surface area contributed by atoms with E-state index in [1.165, 1.54) is 0 Å². The van der Waals surface area contributed by atoms with Gasteiger partial charge in [-0.25, -0.2) is 0 Å². The van der Waals surface area contributed by atoms with Crippen LogP contribution in [0.5, 0.6) is 0 Å². The summed E-state index contributed by atoms with van der Waals surface area (Å²) in [7, 11) is 0. The van der Waals surface area contributed by atoms with Crippen molar-refractivity contribution in [2.45, 2.75) is 38.4 Å². The first-order chi connectivity index (χ1) is 8.65. The Bertz CT molecular complexity index is 378. The van der Waals surface area contributed by atoms with E-state index in [1.807, 2.05) is 12.1 Å². The van der Waals surface area contributed by atoms with Gasteiger partial charge >= 0.3 is 5.97 Å². The highest BCUT2D eigenvalue weighted by molar-refractivity contribution is 5.67. The van der Waals surface area contributed by atoms with Crippen LogP contribution in [0.3, 0.4) is 0 Å². The second-order valence-electron chi connectivity index (χ2n) is 4.90. The molecule has 1 aliphatic rings. The monoisotopic (exact) mass is 252 g/mol. The fourth-order valence-electron chi connectivity index (χ4n) is 2.32. The molecular weight excluding hydrogens is 232 g/mol. The third-order valence-corrected chi connectivity index (χ3v) is 3.42. The number of rotatable bonds is 4. The van der Waals surface area contributed by atoms with Crippen molar-refractivity contribution < 1.29 is 14.3 Å². The number of hydrogen-bond donors (Lipinski definition) is 2. The van der Waals surface area contributed by atoms with Gasteiger partial charge in [0, 0.05) is 25.2 Å². The van der Waals surface area contributed by atoms with E-state index < -0.39 is 5.97 Å². The molecule has 5 nitrogen and oxygen atoms in total. The summed E-state index contributed by atoms with van der Waals surface area (Å²) in [6.45, 7) is 4.43. The van der Waals surface area contributed by atoms with Crippen molar-refractivity contribution in [2.24, 2.45) is 0 Å². The molecule has 0 spiro atoms. The summed E-state index contributed by atoms with van der Waals surface area (Å²) < 4.78 is 5.35. The minimum Gasteiger partial charge on any atom is -0.481 e. The van der Waals surface area contributed by atoms with Crippen molar-refractivity contribution in [3.63, 3.8) is 0 Å². The lowest BCUT2D eigenvalue weighted by Gasteiger charge is -2.27. The van der Waals surface area contributed by atoms with Gasteiger partial charge in [-0.2, -0.15) is 0 Å². The first-order valence-corrected chi connectivity index (χ1v) is 6.36. The molecule has 1 aromatic rings. The first kappa shape index (κ1) is 13.1. The van der Waals surface area contributed by atoms with Crippen LogP contribution in [0, 0.1) is 0 Å². The molecule has 0 amide bonds. The van der Waals surface area contributed by atoms with Gasteiger partial charge < -0.3 is 14.8 Å². The summed E-state index contributed by atoms with van der Waals surface area (Å²) in [6.07, 6.45) is 2.84. The number of nitrogens with one attached hydrogen (secondary N) is 1. The molecule has 100 valence electrons. The Labute approximate surface area is 107 Å². The SMILES string of the molecule is CC1CCN(Cc2ccco2)C(CC(=O)O)CN1. The van der Waals surface area contributed by atoms with Gasteiger partial charge in [0.05, 0.1) is 19.2 Å². The molecule has 1 aromatic heterocycles. The number of carboxylic acids is 1. The highest BCUT2D eigenvalue weighted by Gasteiger charge is 2.25. The van der Waals surface area contributed by atoms with E-state index in [1.54, 1.807) is 6.26 Å². The molecule has 2 rings (SSSR count). The van der Waals surface area contributed by atoms with Crippen LogP contribution in [0.2, 0.25) is 0 Å². The number of carbonyl (C=O) groups is 1. The lowest BCUT2D eigenvalue weighted by atomic mass is 10.1. The van der Waals surface area contributed by atoms with Crippen LogP contribution in [0.1, 0.15) is 25.5 Å². The van der Waals surface area contributed by atoms with Crippen molar-refractivity contribution in [3.8, 4) is 0 Å². The van der Waals surface area contributed by atoms with E-state index in [0.29, 0.717) is 19.1 Å². The third-order valence-electron chi connectivity index (χ3n) is 3.42. The highest BCUT2D eigenvalue weighted by atomic mass is 16.4. The molecule has 2 N–H and O–H groups in total. The molecular formula is C13H20N2O3. The maximum atomic E-state index is 10.9. The van der Waals surface area contributed by atoms with Crippen LogP contribution in [-0.4, -0.2) is 41.1 Å². The lowest BCUT2D eigenvalue weighted by molar-refractivity contribution is -0.138. The summed E-state index contributed by atoms with van der Waals surface area (Å²) in [6, 6.07) is 4.25. The summed E-state index contributed by atoms with van der Waals surface area (Å²) in [5, 5.41) is 12.4. The highest BCUT2D eigenvalue weighted by Crippen LogP contribution is 2.15. The van der Waals surface area contributed by atoms with E-state index in [9.17, 15) is 4.79 Å². The third kappa shape index (κ3) is 3.58. The van der Waals surface area contributed by atoms with Gasteiger partial charge in [0.25, 0.3) is 0 Å². The summed E-state index contributed by atoms with van der Waals surface area (Å²) in [5.74, 6) is 0.140. The van der Waals surface area contributed by atoms with Crippen molar-refractivity contribution in [2.75, 3.05) is 13.1 Å². The molecule has 2 heterocycles. The number of aliphatic carboxylic acids is 1. The molecule has 1 fully saturated rings. The molecule has 1 saturated heterocycles. The van der Waals surface area contributed by atoms with Gasteiger partial charge in [0.15, 0.2) is 0 Å². The second-order valence-corrected chi connectivity index (χ2v) is 4.90. The predicted molar refractivity (Wildman–Crippen MR) is 67.2 cm³/mol. The zero-order chi connectivity index (χ0) is 13.0. The van der Waals surface area contributed by atoms with E-state index in [2.05, 4.69) is 17.1 Å². The van der Waals surface area contributed by atoms with Crippen molar-refractivity contribution in [1.29, 1.82) is 0 Å². The topological polar surface area (TPSA) is 65.7 Å². The number of furan rings is 1. The van der Waals surface area contributed by atoms with E-state index >= 15 is 0 Å². The minimum absolute atomic E-state index is 0.0255. The Hall–Kier alpha value is -1.33. The number of hydrogen-bond acceptors (Lipinski definition) is 4. The molecule has 1 aliphatic heterocycles. The summed E-state index contributed by atoms with van der Waals surface area (Å²) in [5.41, 5.74) is 0. The predicted octanol–water partition coefficient (Wildman–Crippen LogP) is 1.31. The molecule has 2 unspecified atom stereocenters. The lowest BCUT2D eigenvalue weighted by Crippen LogP contribution is -2.41. The maximum absolute atomic E-state index is 10.9. The average molecular weight is 252 g/mol. The Morgan fingerprint density at radius 2 is 2.50 bits per heavy atom. The number of carboxylic acid groups (broad SMARTS) is 1. The molecule has 18 heavy (non-hydrogen) atoms. The molecule has 5 heteroatoms. The Morgan fingerprint density at radius 3 is 3.17 bits per heavy atom. The first-order valence-electron chi connectivity index (χ1n) is 6.36. The van der Waals surface area contributed by atoms with Crippen LogP contribution in [0.25, 0.3) is 0 Å². The van der Waals surface area contributed by atoms with E-state index in [0.717, 1.165) is 18.7 Å². The normalized spacial score (nSPS) is 25.8. The van der Waals surface area contributed by atoms with Crippen molar-refractivity contribution in [1.82, 2.24) is 10.2 Å². The molecule has 2 atom stereocenters. The van der Waals surface area contributed by atoms with Gasteiger partial charge in [-0.05, 0) is 25.5 Å². The van der Waals surface area contributed by atoms with E-state index in [-0.39, 0.29) is 12.5 Å². The van der Waals surface area contributed by atoms with Crippen LogP contribution in [-0.2, 0) is 11.3 Å². The fourth-order valence-corrected chi connectivity index (χ4v) is 2.32. The summed E-state index contributed by atoms with van der Waals surface area (Å²) >= 11 is 0. The molecule has 0 radical (unpaired) electrons. The van der Waals surface area contributed by atoms with Crippen molar-refractivity contribution in [3.05, 3.63) is 24.2 Å². The van der Waals surface area contributed by atoms with E-state index in [4.69, 9.17) is 9.52 Å². The van der Waals surface area contributed by atoms with Crippen molar-refractivity contribution >= 4 is 5.97 Å². The fraction of sp³-hybridized carbons (Fsp3) is 0.615.